The molecule has 2 aromatic heterocycles. The van der Waals surface area contributed by atoms with Gasteiger partial charge in [-0.15, -0.1) is 0 Å². The zero-order valence-corrected chi connectivity index (χ0v) is 14.1. The lowest BCUT2D eigenvalue weighted by molar-refractivity contribution is -0.385. The second kappa shape index (κ2) is 6.88. The van der Waals surface area contributed by atoms with Gasteiger partial charge in [0.2, 0.25) is 5.91 Å². The van der Waals surface area contributed by atoms with Gasteiger partial charge >= 0.3 is 0 Å². The summed E-state index contributed by atoms with van der Waals surface area (Å²) in [6, 6.07) is 3.06. The minimum Gasteiger partial charge on any atom is -0.365 e. The molecule has 0 saturated carbocycles. The van der Waals surface area contributed by atoms with E-state index in [1.54, 1.807) is 17.9 Å². The predicted octanol–water partition coefficient (Wildman–Crippen LogP) is 1.85. The van der Waals surface area contributed by atoms with Crippen molar-refractivity contribution in [2.45, 2.75) is 32.7 Å². The van der Waals surface area contributed by atoms with Gasteiger partial charge in [0.05, 0.1) is 17.0 Å². The zero-order chi connectivity index (χ0) is 18.0. The van der Waals surface area contributed by atoms with Gasteiger partial charge in [-0.1, -0.05) is 5.16 Å². The second-order valence-electron chi connectivity index (χ2n) is 6.11. The molecule has 2 aromatic rings. The second-order valence-corrected chi connectivity index (χ2v) is 6.11. The number of hydrogen-bond donors (Lipinski definition) is 1. The average Bonchev–Trinajstić information content (AvgIpc) is 3.17. The summed E-state index contributed by atoms with van der Waals surface area (Å²) in [5.41, 5.74) is 1.54. The topological polar surface area (TPSA) is 114 Å². The molecule has 3 heterocycles. The van der Waals surface area contributed by atoms with Crippen molar-refractivity contribution >= 4 is 17.4 Å². The number of nitro groups is 1. The maximum atomic E-state index is 12.5. The SMILES string of the molecule is Cc1noc(C)c1CC(=O)N1CC[C@@H](Nc2ccc([N+](=O)[O-])cn2)C1. The first kappa shape index (κ1) is 16.9. The van der Waals surface area contributed by atoms with Crippen molar-refractivity contribution in [2.75, 3.05) is 18.4 Å². The minimum atomic E-state index is -0.485. The van der Waals surface area contributed by atoms with E-state index in [4.69, 9.17) is 4.52 Å². The summed E-state index contributed by atoms with van der Waals surface area (Å²) in [5.74, 6) is 1.28. The van der Waals surface area contributed by atoms with Crippen molar-refractivity contribution in [2.24, 2.45) is 0 Å². The molecule has 1 N–H and O–H groups in total. The molecular weight excluding hydrogens is 326 g/mol. The van der Waals surface area contributed by atoms with Crippen molar-refractivity contribution < 1.29 is 14.2 Å². The van der Waals surface area contributed by atoms with Crippen LogP contribution in [0.2, 0.25) is 0 Å². The molecule has 0 spiro atoms. The first-order valence-electron chi connectivity index (χ1n) is 8.00. The lowest BCUT2D eigenvalue weighted by Gasteiger charge is -2.17. The van der Waals surface area contributed by atoms with Crippen molar-refractivity contribution in [1.29, 1.82) is 0 Å². The Labute approximate surface area is 144 Å². The van der Waals surface area contributed by atoms with Gasteiger partial charge in [0.25, 0.3) is 5.69 Å². The Morgan fingerprint density at radius 3 is 2.88 bits per heavy atom. The first-order valence-corrected chi connectivity index (χ1v) is 8.00. The van der Waals surface area contributed by atoms with Gasteiger partial charge in [-0.2, -0.15) is 0 Å². The van der Waals surface area contributed by atoms with Gasteiger partial charge in [-0.3, -0.25) is 14.9 Å². The van der Waals surface area contributed by atoms with E-state index in [1.165, 1.54) is 12.3 Å². The standard InChI is InChI=1S/C16H19N5O4/c1-10-14(11(2)25-19-10)7-16(22)20-6-5-12(9-20)18-15-4-3-13(8-17-15)21(23)24/h3-4,8,12H,5-7,9H2,1-2H3,(H,17,18)/t12-/m1/s1. The number of pyridine rings is 1. The highest BCUT2D eigenvalue weighted by molar-refractivity contribution is 5.79. The molecule has 0 aromatic carbocycles. The molecule has 0 aliphatic carbocycles. The summed E-state index contributed by atoms with van der Waals surface area (Å²) in [4.78, 5) is 28.5. The van der Waals surface area contributed by atoms with E-state index in [0.717, 1.165) is 17.7 Å². The summed E-state index contributed by atoms with van der Waals surface area (Å²) in [6.45, 7) is 4.86. The molecule has 3 rings (SSSR count). The third-order valence-corrected chi connectivity index (χ3v) is 4.36. The lowest BCUT2D eigenvalue weighted by Crippen LogP contribution is -2.33. The van der Waals surface area contributed by atoms with E-state index in [-0.39, 0.29) is 24.1 Å². The third kappa shape index (κ3) is 3.76. The number of carbonyl (C=O) groups is 1. The molecule has 9 nitrogen and oxygen atoms in total. The number of anilines is 1. The highest BCUT2D eigenvalue weighted by Crippen LogP contribution is 2.19. The molecule has 132 valence electrons. The molecule has 1 atom stereocenters. The zero-order valence-electron chi connectivity index (χ0n) is 14.1. The van der Waals surface area contributed by atoms with Crippen LogP contribution >= 0.6 is 0 Å². The Morgan fingerprint density at radius 1 is 1.48 bits per heavy atom. The fourth-order valence-corrected chi connectivity index (χ4v) is 2.91. The molecule has 1 fully saturated rings. The van der Waals surface area contributed by atoms with Crippen LogP contribution in [-0.2, 0) is 11.2 Å². The first-order chi connectivity index (χ1) is 11.9. The molecule has 0 bridgehead atoms. The molecule has 9 heteroatoms. The Balaban J connectivity index is 1.56. The van der Waals surface area contributed by atoms with Gasteiger partial charge in [-0.25, -0.2) is 4.98 Å². The highest BCUT2D eigenvalue weighted by Gasteiger charge is 2.27. The Hall–Kier alpha value is -2.97. The van der Waals surface area contributed by atoms with Crippen molar-refractivity contribution in [3.05, 3.63) is 45.5 Å². The fourth-order valence-electron chi connectivity index (χ4n) is 2.91. The number of aromatic nitrogens is 2. The highest BCUT2D eigenvalue weighted by atomic mass is 16.6. The van der Waals surface area contributed by atoms with E-state index in [1.807, 2.05) is 6.92 Å². The van der Waals surface area contributed by atoms with Crippen LogP contribution in [0.3, 0.4) is 0 Å². The number of rotatable bonds is 5. The number of carbonyl (C=O) groups excluding carboxylic acids is 1. The van der Waals surface area contributed by atoms with Crippen molar-refractivity contribution in [1.82, 2.24) is 15.0 Å². The van der Waals surface area contributed by atoms with Crippen LogP contribution in [0.15, 0.2) is 22.9 Å². The number of nitrogens with one attached hydrogen (secondary N) is 1. The number of amides is 1. The summed E-state index contributed by atoms with van der Waals surface area (Å²) >= 11 is 0. The minimum absolute atomic E-state index is 0.0374. The maximum Gasteiger partial charge on any atom is 0.287 e. The molecule has 25 heavy (non-hydrogen) atoms. The lowest BCUT2D eigenvalue weighted by atomic mass is 10.1. The largest absolute Gasteiger partial charge is 0.365 e. The normalized spacial score (nSPS) is 16.9. The van der Waals surface area contributed by atoms with Crippen LogP contribution < -0.4 is 5.32 Å². The van der Waals surface area contributed by atoms with Crippen LogP contribution in [0.1, 0.15) is 23.4 Å². The van der Waals surface area contributed by atoms with Crippen LogP contribution in [0.25, 0.3) is 0 Å². The Morgan fingerprint density at radius 2 is 2.28 bits per heavy atom. The Kier molecular flexibility index (Phi) is 4.64. The molecule has 0 unspecified atom stereocenters. The molecule has 1 aliphatic rings. The Bertz CT molecular complexity index is 767. The summed E-state index contributed by atoms with van der Waals surface area (Å²) in [5, 5.41) is 17.7. The van der Waals surface area contributed by atoms with E-state index >= 15 is 0 Å². The van der Waals surface area contributed by atoms with Crippen LogP contribution in [0.4, 0.5) is 11.5 Å². The summed E-state index contributed by atoms with van der Waals surface area (Å²) in [6.07, 6.45) is 2.30. The maximum absolute atomic E-state index is 12.5. The van der Waals surface area contributed by atoms with E-state index in [0.29, 0.717) is 24.7 Å². The molecular formula is C16H19N5O4. The van der Waals surface area contributed by atoms with Gasteiger partial charge in [-0.05, 0) is 26.3 Å². The smallest absolute Gasteiger partial charge is 0.287 e. The van der Waals surface area contributed by atoms with Crippen LogP contribution in [-0.4, -0.2) is 45.0 Å². The molecule has 1 saturated heterocycles. The van der Waals surface area contributed by atoms with Gasteiger partial charge in [0.15, 0.2) is 0 Å². The van der Waals surface area contributed by atoms with E-state index in [9.17, 15) is 14.9 Å². The monoisotopic (exact) mass is 345 g/mol. The van der Waals surface area contributed by atoms with Gasteiger partial charge < -0.3 is 14.7 Å². The van der Waals surface area contributed by atoms with Crippen LogP contribution in [0.5, 0.6) is 0 Å². The quantitative estimate of drug-likeness (QED) is 0.649. The number of aryl methyl sites for hydroxylation is 2. The predicted molar refractivity (Wildman–Crippen MR) is 89.2 cm³/mol. The van der Waals surface area contributed by atoms with Crippen molar-refractivity contribution in [3.63, 3.8) is 0 Å². The fraction of sp³-hybridized carbons (Fsp3) is 0.438. The third-order valence-electron chi connectivity index (χ3n) is 4.36. The van der Waals surface area contributed by atoms with Crippen molar-refractivity contribution in [3.8, 4) is 0 Å². The van der Waals surface area contributed by atoms with E-state index in [2.05, 4.69) is 15.5 Å². The van der Waals surface area contributed by atoms with Crippen LogP contribution in [0, 0.1) is 24.0 Å². The average molecular weight is 345 g/mol. The summed E-state index contributed by atoms with van der Waals surface area (Å²) in [7, 11) is 0. The number of likely N-dealkylation sites (tertiary alicyclic amines) is 1. The van der Waals surface area contributed by atoms with E-state index < -0.39 is 4.92 Å². The molecule has 1 amide bonds. The molecule has 0 radical (unpaired) electrons. The molecule has 1 aliphatic heterocycles. The number of hydrogen-bond acceptors (Lipinski definition) is 7. The van der Waals surface area contributed by atoms with Gasteiger partial charge in [0.1, 0.15) is 17.8 Å². The van der Waals surface area contributed by atoms with Gasteiger partial charge in [0, 0.05) is 30.8 Å². The summed E-state index contributed by atoms with van der Waals surface area (Å²) < 4.78 is 5.10. The number of nitrogens with zero attached hydrogens (tertiary/aromatic N) is 4.